The van der Waals surface area contributed by atoms with E-state index in [-0.39, 0.29) is 5.69 Å². The SMILES string of the molecule is CN(CCOCC1CC1)Cc1ccc(NN)c([N+](=O)[O-])c1. The van der Waals surface area contributed by atoms with Gasteiger partial charge in [-0.1, -0.05) is 6.07 Å². The normalized spacial score (nSPS) is 14.4. The molecule has 0 radical (unpaired) electrons. The summed E-state index contributed by atoms with van der Waals surface area (Å²) in [5.74, 6) is 6.04. The van der Waals surface area contributed by atoms with Gasteiger partial charge in [-0.25, -0.2) is 0 Å². The zero-order valence-corrected chi connectivity index (χ0v) is 12.2. The van der Waals surface area contributed by atoms with E-state index in [2.05, 4.69) is 10.3 Å². The Labute approximate surface area is 124 Å². The molecule has 0 aliphatic heterocycles. The standard InChI is InChI=1S/C14H22N4O3/c1-17(6-7-21-10-11-2-3-11)9-12-4-5-13(16-15)14(8-12)18(19)20/h4-5,8,11,16H,2-3,6-7,9-10,15H2,1H3. The van der Waals surface area contributed by atoms with Gasteiger partial charge in [-0.3, -0.25) is 20.9 Å². The smallest absolute Gasteiger partial charge is 0.293 e. The van der Waals surface area contributed by atoms with Crippen LogP contribution in [0.15, 0.2) is 18.2 Å². The fraction of sp³-hybridized carbons (Fsp3) is 0.571. The van der Waals surface area contributed by atoms with Crippen LogP contribution in [0.25, 0.3) is 0 Å². The van der Waals surface area contributed by atoms with Crippen molar-refractivity contribution >= 4 is 11.4 Å². The van der Waals surface area contributed by atoms with Gasteiger partial charge in [0.05, 0.1) is 11.5 Å². The maximum Gasteiger partial charge on any atom is 0.293 e. The molecule has 1 aromatic rings. The molecule has 0 amide bonds. The molecule has 3 N–H and O–H groups in total. The first-order valence-electron chi connectivity index (χ1n) is 7.10. The van der Waals surface area contributed by atoms with Gasteiger partial charge in [-0.05, 0) is 37.4 Å². The number of nitrogens with one attached hydrogen (secondary N) is 1. The minimum atomic E-state index is -0.433. The third kappa shape index (κ3) is 4.96. The number of nitrogen functional groups attached to an aromatic ring is 1. The predicted molar refractivity (Wildman–Crippen MR) is 80.8 cm³/mol. The number of nitrogens with two attached hydrogens (primary N) is 1. The second-order valence-electron chi connectivity index (χ2n) is 5.51. The molecule has 0 aromatic heterocycles. The molecule has 0 bridgehead atoms. The Morgan fingerprint density at radius 2 is 2.29 bits per heavy atom. The summed E-state index contributed by atoms with van der Waals surface area (Å²) in [4.78, 5) is 12.6. The first-order chi connectivity index (χ1) is 10.1. The lowest BCUT2D eigenvalue weighted by Gasteiger charge is -2.17. The highest BCUT2D eigenvalue weighted by atomic mass is 16.6. The van der Waals surface area contributed by atoms with E-state index in [1.165, 1.54) is 12.8 Å². The first kappa shape index (κ1) is 15.7. The average Bonchev–Trinajstić information content (AvgIpc) is 3.27. The summed E-state index contributed by atoms with van der Waals surface area (Å²) in [6.07, 6.45) is 2.59. The fourth-order valence-corrected chi connectivity index (χ4v) is 2.09. The molecule has 0 spiro atoms. The third-order valence-corrected chi connectivity index (χ3v) is 3.53. The Bertz CT molecular complexity index is 491. The molecule has 0 atom stereocenters. The van der Waals surface area contributed by atoms with Crippen LogP contribution in [0.1, 0.15) is 18.4 Å². The Balaban J connectivity index is 1.82. The molecule has 0 heterocycles. The van der Waals surface area contributed by atoms with Gasteiger partial charge >= 0.3 is 0 Å². The molecule has 1 aromatic carbocycles. The van der Waals surface area contributed by atoms with Crippen LogP contribution in [0.4, 0.5) is 11.4 Å². The first-order valence-corrected chi connectivity index (χ1v) is 7.10. The third-order valence-electron chi connectivity index (χ3n) is 3.53. The zero-order chi connectivity index (χ0) is 15.2. The molecular weight excluding hydrogens is 272 g/mol. The van der Waals surface area contributed by atoms with Crippen molar-refractivity contribution in [1.29, 1.82) is 0 Å². The van der Waals surface area contributed by atoms with Crippen molar-refractivity contribution in [3.05, 3.63) is 33.9 Å². The lowest BCUT2D eigenvalue weighted by molar-refractivity contribution is -0.384. The maximum atomic E-state index is 11.0. The highest BCUT2D eigenvalue weighted by Gasteiger charge is 2.21. The number of nitro groups is 1. The van der Waals surface area contributed by atoms with Crippen molar-refractivity contribution in [3.8, 4) is 0 Å². The van der Waals surface area contributed by atoms with Crippen LogP contribution in [0.3, 0.4) is 0 Å². The van der Waals surface area contributed by atoms with Gasteiger partial charge < -0.3 is 10.2 Å². The van der Waals surface area contributed by atoms with Crippen LogP contribution < -0.4 is 11.3 Å². The van der Waals surface area contributed by atoms with E-state index in [1.807, 2.05) is 13.1 Å². The van der Waals surface area contributed by atoms with E-state index < -0.39 is 4.92 Å². The van der Waals surface area contributed by atoms with Gasteiger partial charge in [0.15, 0.2) is 0 Å². The quantitative estimate of drug-likeness (QED) is 0.312. The van der Waals surface area contributed by atoms with E-state index >= 15 is 0 Å². The maximum absolute atomic E-state index is 11.0. The highest BCUT2D eigenvalue weighted by molar-refractivity contribution is 5.61. The van der Waals surface area contributed by atoms with Crippen molar-refractivity contribution in [2.24, 2.45) is 11.8 Å². The number of hydrogen-bond donors (Lipinski definition) is 2. The molecular formula is C14H22N4O3. The topological polar surface area (TPSA) is 93.7 Å². The van der Waals surface area contributed by atoms with Crippen LogP contribution in [0.5, 0.6) is 0 Å². The number of anilines is 1. The average molecular weight is 294 g/mol. The van der Waals surface area contributed by atoms with Crippen molar-refractivity contribution < 1.29 is 9.66 Å². The lowest BCUT2D eigenvalue weighted by atomic mass is 10.1. The number of nitro benzene ring substituents is 1. The molecule has 1 saturated carbocycles. The molecule has 1 fully saturated rings. The van der Waals surface area contributed by atoms with Crippen LogP contribution in [-0.4, -0.2) is 36.6 Å². The molecule has 7 heteroatoms. The van der Waals surface area contributed by atoms with Gasteiger partial charge in [0.25, 0.3) is 5.69 Å². The summed E-state index contributed by atoms with van der Waals surface area (Å²) < 4.78 is 5.59. The summed E-state index contributed by atoms with van der Waals surface area (Å²) in [7, 11) is 1.97. The van der Waals surface area contributed by atoms with Crippen molar-refractivity contribution in [3.63, 3.8) is 0 Å². The van der Waals surface area contributed by atoms with Gasteiger partial charge in [0, 0.05) is 25.8 Å². The van der Waals surface area contributed by atoms with Gasteiger partial charge in [-0.2, -0.15) is 0 Å². The summed E-state index contributed by atoms with van der Waals surface area (Å²) >= 11 is 0. The molecule has 116 valence electrons. The molecule has 0 unspecified atom stereocenters. The minimum absolute atomic E-state index is 0.00613. The number of rotatable bonds is 9. The molecule has 21 heavy (non-hydrogen) atoms. The highest BCUT2D eigenvalue weighted by Crippen LogP contribution is 2.28. The number of hydrogen-bond acceptors (Lipinski definition) is 6. The van der Waals surface area contributed by atoms with Crippen molar-refractivity contribution in [2.75, 3.05) is 32.2 Å². The fourth-order valence-electron chi connectivity index (χ4n) is 2.09. The monoisotopic (exact) mass is 294 g/mol. The zero-order valence-electron chi connectivity index (χ0n) is 12.2. The number of ether oxygens (including phenoxy) is 1. The Kier molecular flexibility index (Phi) is 5.49. The predicted octanol–water partition coefficient (Wildman–Crippen LogP) is 1.74. The van der Waals surface area contributed by atoms with Crippen LogP contribution in [0, 0.1) is 16.0 Å². The van der Waals surface area contributed by atoms with Gasteiger partial charge in [-0.15, -0.1) is 0 Å². The van der Waals surface area contributed by atoms with Crippen LogP contribution >= 0.6 is 0 Å². The lowest BCUT2D eigenvalue weighted by Crippen LogP contribution is -2.23. The summed E-state index contributed by atoms with van der Waals surface area (Å²) in [5, 5.41) is 11.0. The van der Waals surface area contributed by atoms with E-state index in [1.54, 1.807) is 12.1 Å². The van der Waals surface area contributed by atoms with Gasteiger partial charge in [0.2, 0.25) is 0 Å². The Morgan fingerprint density at radius 3 is 2.90 bits per heavy atom. The van der Waals surface area contributed by atoms with E-state index in [4.69, 9.17) is 10.6 Å². The molecule has 2 rings (SSSR count). The second kappa shape index (κ2) is 7.35. The molecule has 1 aliphatic carbocycles. The van der Waals surface area contributed by atoms with Gasteiger partial charge in [0.1, 0.15) is 5.69 Å². The number of hydrazine groups is 1. The van der Waals surface area contributed by atoms with Crippen molar-refractivity contribution in [1.82, 2.24) is 4.90 Å². The summed E-state index contributed by atoms with van der Waals surface area (Å²) in [6, 6.07) is 5.02. The largest absolute Gasteiger partial charge is 0.380 e. The number of benzene rings is 1. The second-order valence-corrected chi connectivity index (χ2v) is 5.51. The summed E-state index contributed by atoms with van der Waals surface area (Å²) in [6.45, 7) is 2.99. The Hall–Kier alpha value is -1.70. The molecule has 7 nitrogen and oxygen atoms in total. The van der Waals surface area contributed by atoms with E-state index in [0.717, 1.165) is 24.6 Å². The molecule has 0 saturated heterocycles. The van der Waals surface area contributed by atoms with E-state index in [0.29, 0.717) is 18.8 Å². The van der Waals surface area contributed by atoms with Crippen molar-refractivity contribution in [2.45, 2.75) is 19.4 Å². The van der Waals surface area contributed by atoms with E-state index in [9.17, 15) is 10.1 Å². The number of likely N-dealkylation sites (N-methyl/N-ethyl adjacent to an activating group) is 1. The number of nitrogens with zero attached hydrogens (tertiary/aromatic N) is 2. The summed E-state index contributed by atoms with van der Waals surface area (Å²) in [5.41, 5.74) is 3.53. The molecule has 1 aliphatic rings. The Morgan fingerprint density at radius 1 is 1.52 bits per heavy atom. The van der Waals surface area contributed by atoms with Crippen LogP contribution in [0.2, 0.25) is 0 Å². The van der Waals surface area contributed by atoms with Crippen LogP contribution in [-0.2, 0) is 11.3 Å². The minimum Gasteiger partial charge on any atom is -0.380 e.